The Balaban J connectivity index is 3.40. The molecule has 0 heterocycles. The zero-order chi connectivity index (χ0) is 15.5. The summed E-state index contributed by atoms with van der Waals surface area (Å²) in [6.45, 7) is 7.61. The summed E-state index contributed by atoms with van der Waals surface area (Å²) < 4.78 is 26.8. The van der Waals surface area contributed by atoms with Crippen LogP contribution in [0.1, 0.15) is 43.1 Å². The average Bonchev–Trinajstić information content (AvgIpc) is 2.35. The lowest BCUT2D eigenvalue weighted by Gasteiger charge is -2.26. The van der Waals surface area contributed by atoms with Crippen molar-refractivity contribution < 1.29 is 18.3 Å². The fourth-order valence-electron chi connectivity index (χ4n) is 2.01. The molecule has 0 aliphatic carbocycles. The smallest absolute Gasteiger partial charge is 0.335 e. The van der Waals surface area contributed by atoms with Crippen molar-refractivity contribution in [3.8, 4) is 0 Å². The van der Waals surface area contributed by atoms with E-state index < -0.39 is 16.0 Å². The molecule has 0 atom stereocenters. The number of sulfonamides is 1. The molecule has 0 amide bonds. The molecule has 0 saturated carbocycles. The van der Waals surface area contributed by atoms with Crippen molar-refractivity contribution in [2.24, 2.45) is 0 Å². The largest absolute Gasteiger partial charge is 0.478 e. The first-order valence-corrected chi connectivity index (χ1v) is 8.01. The Labute approximate surface area is 120 Å². The average molecular weight is 299 g/mol. The Kier molecular flexibility index (Phi) is 5.30. The number of benzene rings is 1. The fraction of sp³-hybridized carbons (Fsp3) is 0.500. The second-order valence-corrected chi connectivity index (χ2v) is 6.85. The van der Waals surface area contributed by atoms with Crippen LogP contribution in [0.2, 0.25) is 0 Å². The van der Waals surface area contributed by atoms with Gasteiger partial charge in [0.1, 0.15) is 0 Å². The van der Waals surface area contributed by atoms with E-state index in [1.54, 1.807) is 6.92 Å². The monoisotopic (exact) mass is 299 g/mol. The minimum Gasteiger partial charge on any atom is -0.478 e. The van der Waals surface area contributed by atoms with E-state index in [1.807, 2.05) is 20.8 Å². The predicted octanol–water partition coefficient (Wildman–Crippen LogP) is 2.50. The molecular formula is C14H21NO4S. The van der Waals surface area contributed by atoms with Gasteiger partial charge in [-0.1, -0.05) is 13.0 Å². The number of carboxylic acids is 1. The molecule has 0 aromatic heterocycles. The van der Waals surface area contributed by atoms with Gasteiger partial charge in [0.15, 0.2) is 0 Å². The van der Waals surface area contributed by atoms with Gasteiger partial charge in [0, 0.05) is 12.6 Å². The van der Waals surface area contributed by atoms with E-state index in [2.05, 4.69) is 0 Å². The van der Waals surface area contributed by atoms with Crippen LogP contribution < -0.4 is 0 Å². The highest BCUT2D eigenvalue weighted by atomic mass is 32.2. The summed E-state index contributed by atoms with van der Waals surface area (Å²) in [6.07, 6.45) is 0.703. The Hall–Kier alpha value is -1.40. The molecule has 0 radical (unpaired) electrons. The van der Waals surface area contributed by atoms with E-state index in [4.69, 9.17) is 5.11 Å². The Morgan fingerprint density at radius 1 is 1.35 bits per heavy atom. The first-order chi connectivity index (χ1) is 9.21. The van der Waals surface area contributed by atoms with Crippen molar-refractivity contribution in [2.45, 2.75) is 45.1 Å². The predicted molar refractivity (Wildman–Crippen MR) is 77.5 cm³/mol. The Morgan fingerprint density at radius 2 is 1.95 bits per heavy atom. The van der Waals surface area contributed by atoms with Crippen LogP contribution in [-0.4, -0.2) is 36.4 Å². The number of hydrogen-bond donors (Lipinski definition) is 1. The molecule has 6 heteroatoms. The maximum absolute atomic E-state index is 12.7. The number of carbonyl (C=O) groups is 1. The zero-order valence-electron chi connectivity index (χ0n) is 12.3. The van der Waals surface area contributed by atoms with Gasteiger partial charge in [-0.05, 0) is 44.9 Å². The van der Waals surface area contributed by atoms with E-state index >= 15 is 0 Å². The first-order valence-electron chi connectivity index (χ1n) is 6.57. The molecule has 0 aliphatic heterocycles. The van der Waals surface area contributed by atoms with Gasteiger partial charge in [0.05, 0.1) is 10.5 Å². The normalized spacial score (nSPS) is 12.1. The van der Waals surface area contributed by atoms with E-state index in [9.17, 15) is 13.2 Å². The number of hydrogen-bond acceptors (Lipinski definition) is 3. The first kappa shape index (κ1) is 16.7. The molecule has 0 saturated heterocycles. The van der Waals surface area contributed by atoms with E-state index in [1.165, 1.54) is 22.5 Å². The minimum atomic E-state index is -3.68. The van der Waals surface area contributed by atoms with Crippen LogP contribution in [0, 0.1) is 6.92 Å². The van der Waals surface area contributed by atoms with Crippen molar-refractivity contribution in [3.05, 3.63) is 29.3 Å². The molecule has 0 fully saturated rings. The van der Waals surface area contributed by atoms with Crippen LogP contribution in [0.15, 0.2) is 23.1 Å². The summed E-state index contributed by atoms with van der Waals surface area (Å²) in [6, 6.07) is 4.00. The van der Waals surface area contributed by atoms with Gasteiger partial charge < -0.3 is 5.11 Å². The van der Waals surface area contributed by atoms with Crippen molar-refractivity contribution in [3.63, 3.8) is 0 Å². The maximum Gasteiger partial charge on any atom is 0.335 e. The summed E-state index contributed by atoms with van der Waals surface area (Å²) in [5.41, 5.74) is 0.533. The third-order valence-electron chi connectivity index (χ3n) is 3.04. The van der Waals surface area contributed by atoms with E-state index in [0.717, 1.165) is 0 Å². The van der Waals surface area contributed by atoms with Crippen molar-refractivity contribution >= 4 is 16.0 Å². The van der Waals surface area contributed by atoms with Gasteiger partial charge in [-0.25, -0.2) is 13.2 Å². The topological polar surface area (TPSA) is 74.7 Å². The molecule has 112 valence electrons. The molecule has 20 heavy (non-hydrogen) atoms. The highest BCUT2D eigenvalue weighted by Crippen LogP contribution is 2.23. The summed E-state index contributed by atoms with van der Waals surface area (Å²) in [4.78, 5) is 11.1. The van der Waals surface area contributed by atoms with Gasteiger partial charge in [-0.3, -0.25) is 0 Å². The molecule has 0 spiro atoms. The maximum atomic E-state index is 12.7. The summed E-state index contributed by atoms with van der Waals surface area (Å²) in [7, 11) is -3.68. The lowest BCUT2D eigenvalue weighted by molar-refractivity contribution is 0.0696. The SMILES string of the molecule is CCCN(C(C)C)S(=O)(=O)c1cc(C(=O)O)ccc1C. The van der Waals surface area contributed by atoms with Gasteiger partial charge in [-0.2, -0.15) is 4.31 Å². The summed E-state index contributed by atoms with van der Waals surface area (Å²) >= 11 is 0. The van der Waals surface area contributed by atoms with E-state index in [0.29, 0.717) is 18.5 Å². The number of rotatable bonds is 6. The van der Waals surface area contributed by atoms with Crippen LogP contribution in [-0.2, 0) is 10.0 Å². The third kappa shape index (κ3) is 3.37. The molecule has 1 aromatic rings. The molecule has 0 aliphatic rings. The van der Waals surface area contributed by atoms with Crippen molar-refractivity contribution in [1.29, 1.82) is 0 Å². The van der Waals surface area contributed by atoms with Gasteiger partial charge in [0.25, 0.3) is 0 Å². The number of aromatic carboxylic acids is 1. The lowest BCUT2D eigenvalue weighted by atomic mass is 10.1. The molecule has 0 unspecified atom stereocenters. The number of aryl methyl sites for hydroxylation is 1. The molecular weight excluding hydrogens is 278 g/mol. The number of nitrogens with zero attached hydrogens (tertiary/aromatic N) is 1. The van der Waals surface area contributed by atoms with Crippen molar-refractivity contribution in [2.75, 3.05) is 6.54 Å². The van der Waals surface area contributed by atoms with Gasteiger partial charge >= 0.3 is 5.97 Å². The van der Waals surface area contributed by atoms with Crippen LogP contribution in [0.25, 0.3) is 0 Å². The summed E-state index contributed by atoms with van der Waals surface area (Å²) in [5.74, 6) is -1.13. The standard InChI is InChI=1S/C14H21NO4S/c1-5-8-15(10(2)3)20(18,19)13-9-12(14(16)17)7-6-11(13)4/h6-7,9-10H,5,8H2,1-4H3,(H,16,17). The zero-order valence-corrected chi connectivity index (χ0v) is 13.1. The van der Waals surface area contributed by atoms with Crippen LogP contribution in [0.4, 0.5) is 0 Å². The quantitative estimate of drug-likeness (QED) is 0.875. The number of carboxylic acid groups (broad SMARTS) is 1. The Bertz CT molecular complexity index is 593. The van der Waals surface area contributed by atoms with Gasteiger partial charge in [0.2, 0.25) is 10.0 Å². The molecule has 1 aromatic carbocycles. The van der Waals surface area contributed by atoms with Gasteiger partial charge in [-0.15, -0.1) is 0 Å². The summed E-state index contributed by atoms with van der Waals surface area (Å²) in [5, 5.41) is 9.01. The van der Waals surface area contributed by atoms with Crippen LogP contribution in [0.3, 0.4) is 0 Å². The third-order valence-corrected chi connectivity index (χ3v) is 5.26. The lowest BCUT2D eigenvalue weighted by Crippen LogP contribution is -2.37. The second-order valence-electron chi connectivity index (χ2n) is 4.99. The van der Waals surface area contributed by atoms with Crippen molar-refractivity contribution in [1.82, 2.24) is 4.31 Å². The molecule has 1 N–H and O–H groups in total. The van der Waals surface area contributed by atoms with Crippen LogP contribution >= 0.6 is 0 Å². The Morgan fingerprint density at radius 3 is 2.40 bits per heavy atom. The molecule has 0 bridgehead atoms. The highest BCUT2D eigenvalue weighted by molar-refractivity contribution is 7.89. The van der Waals surface area contributed by atoms with E-state index in [-0.39, 0.29) is 16.5 Å². The molecule has 1 rings (SSSR count). The molecule has 5 nitrogen and oxygen atoms in total. The van der Waals surface area contributed by atoms with Crippen LogP contribution in [0.5, 0.6) is 0 Å². The minimum absolute atomic E-state index is 0.0191. The fourth-order valence-corrected chi connectivity index (χ4v) is 4.00. The highest BCUT2D eigenvalue weighted by Gasteiger charge is 2.28. The second kappa shape index (κ2) is 6.37.